The van der Waals surface area contributed by atoms with Crippen LogP contribution in [0.25, 0.3) is 0 Å². The van der Waals surface area contributed by atoms with Crippen LogP contribution < -0.4 is 15.8 Å². The van der Waals surface area contributed by atoms with Crippen LogP contribution in [-0.2, 0) is 6.54 Å². The van der Waals surface area contributed by atoms with E-state index in [0.717, 1.165) is 10.0 Å². The first-order chi connectivity index (χ1) is 10.0. The van der Waals surface area contributed by atoms with Gasteiger partial charge in [-0.15, -0.1) is 5.10 Å². The molecule has 0 aliphatic carbocycles. The van der Waals surface area contributed by atoms with Crippen LogP contribution in [0, 0.1) is 6.92 Å². The fourth-order valence-corrected chi connectivity index (χ4v) is 2.41. The minimum absolute atomic E-state index is 0.229. The molecule has 0 aliphatic rings. The predicted octanol–water partition coefficient (Wildman–Crippen LogP) is 1.57. The maximum Gasteiger partial charge on any atom is 0.277 e. The molecule has 0 unspecified atom stereocenters. The third-order valence-corrected chi connectivity index (χ3v) is 3.31. The maximum atomic E-state index is 12.2. The van der Waals surface area contributed by atoms with Gasteiger partial charge in [-0.2, -0.15) is 0 Å². The zero-order chi connectivity index (χ0) is 15.4. The third kappa shape index (κ3) is 3.59. The lowest BCUT2D eigenvalue weighted by Crippen LogP contribution is -2.14. The fraction of sp³-hybridized carbons (Fsp3) is 0.308. The van der Waals surface area contributed by atoms with E-state index in [1.54, 1.807) is 19.4 Å². The SMILES string of the molecule is COc1cc(Br)cc(C)c1NC(=O)c1cn(CCN)nn1. The second-order valence-corrected chi connectivity index (χ2v) is 5.33. The Hall–Kier alpha value is -1.93. The van der Waals surface area contributed by atoms with Crippen LogP contribution >= 0.6 is 15.9 Å². The number of hydrogen-bond donors (Lipinski definition) is 2. The summed E-state index contributed by atoms with van der Waals surface area (Å²) in [6, 6.07) is 3.68. The lowest BCUT2D eigenvalue weighted by Gasteiger charge is -2.12. The van der Waals surface area contributed by atoms with E-state index in [9.17, 15) is 4.79 Å². The van der Waals surface area contributed by atoms with Gasteiger partial charge in [-0.3, -0.25) is 9.48 Å². The number of methoxy groups -OCH3 is 1. The Labute approximate surface area is 130 Å². The topological polar surface area (TPSA) is 95.1 Å². The molecule has 0 spiro atoms. The minimum Gasteiger partial charge on any atom is -0.495 e. The van der Waals surface area contributed by atoms with E-state index in [4.69, 9.17) is 10.5 Å². The zero-order valence-electron chi connectivity index (χ0n) is 11.8. The van der Waals surface area contributed by atoms with Gasteiger partial charge in [0.25, 0.3) is 5.91 Å². The van der Waals surface area contributed by atoms with Crippen LogP contribution in [0.15, 0.2) is 22.8 Å². The van der Waals surface area contributed by atoms with Gasteiger partial charge in [-0.05, 0) is 24.6 Å². The quantitative estimate of drug-likeness (QED) is 0.850. The van der Waals surface area contributed by atoms with Crippen LogP contribution in [0.4, 0.5) is 5.69 Å². The van der Waals surface area contributed by atoms with Crippen molar-refractivity contribution in [3.8, 4) is 5.75 Å². The van der Waals surface area contributed by atoms with Crippen molar-refractivity contribution in [2.45, 2.75) is 13.5 Å². The minimum atomic E-state index is -0.345. The number of halogens is 1. The molecule has 7 nitrogen and oxygen atoms in total. The number of aromatic nitrogens is 3. The average Bonchev–Trinajstić information content (AvgIpc) is 2.90. The van der Waals surface area contributed by atoms with Crippen molar-refractivity contribution in [3.63, 3.8) is 0 Å². The molecule has 2 rings (SSSR count). The van der Waals surface area contributed by atoms with E-state index in [0.29, 0.717) is 24.5 Å². The molecular weight excluding hydrogens is 338 g/mol. The molecule has 1 amide bonds. The van der Waals surface area contributed by atoms with Crippen molar-refractivity contribution < 1.29 is 9.53 Å². The summed E-state index contributed by atoms with van der Waals surface area (Å²) in [5.74, 6) is 0.228. The van der Waals surface area contributed by atoms with Crippen molar-refractivity contribution in [3.05, 3.63) is 34.1 Å². The molecule has 2 aromatic rings. The summed E-state index contributed by atoms with van der Waals surface area (Å²) in [5.41, 5.74) is 7.15. The Morgan fingerprint density at radius 2 is 2.29 bits per heavy atom. The Bertz CT molecular complexity index is 656. The summed E-state index contributed by atoms with van der Waals surface area (Å²) in [5, 5.41) is 10.5. The van der Waals surface area contributed by atoms with Gasteiger partial charge in [0.1, 0.15) is 5.75 Å². The molecule has 1 heterocycles. The molecule has 0 fully saturated rings. The van der Waals surface area contributed by atoms with Crippen LogP contribution in [0.1, 0.15) is 16.1 Å². The number of benzene rings is 1. The Kier molecular flexibility index (Phi) is 4.92. The summed E-state index contributed by atoms with van der Waals surface area (Å²) < 4.78 is 7.69. The van der Waals surface area contributed by atoms with Crippen molar-refractivity contribution in [2.24, 2.45) is 5.73 Å². The van der Waals surface area contributed by atoms with Gasteiger partial charge in [-0.1, -0.05) is 21.1 Å². The first-order valence-electron chi connectivity index (χ1n) is 6.31. The molecular formula is C13H16BrN5O2. The van der Waals surface area contributed by atoms with Crippen molar-refractivity contribution in [1.82, 2.24) is 15.0 Å². The number of anilines is 1. The normalized spacial score (nSPS) is 10.5. The third-order valence-electron chi connectivity index (χ3n) is 2.85. The molecule has 1 aromatic heterocycles. The molecule has 21 heavy (non-hydrogen) atoms. The summed E-state index contributed by atoms with van der Waals surface area (Å²) in [6.07, 6.45) is 1.56. The molecule has 3 N–H and O–H groups in total. The maximum absolute atomic E-state index is 12.2. The van der Waals surface area contributed by atoms with Crippen LogP contribution in [0.2, 0.25) is 0 Å². The largest absolute Gasteiger partial charge is 0.495 e. The molecule has 8 heteroatoms. The number of rotatable bonds is 5. The number of aryl methyl sites for hydroxylation is 1. The van der Waals surface area contributed by atoms with E-state index in [-0.39, 0.29) is 11.6 Å². The van der Waals surface area contributed by atoms with E-state index < -0.39 is 0 Å². The lowest BCUT2D eigenvalue weighted by atomic mass is 10.2. The van der Waals surface area contributed by atoms with Gasteiger partial charge in [0.05, 0.1) is 25.5 Å². The summed E-state index contributed by atoms with van der Waals surface area (Å²) in [4.78, 5) is 12.2. The number of carbonyl (C=O) groups excluding carboxylic acids is 1. The number of nitrogens with two attached hydrogens (primary N) is 1. The van der Waals surface area contributed by atoms with Gasteiger partial charge in [0.15, 0.2) is 5.69 Å². The number of ether oxygens (including phenoxy) is 1. The number of nitrogens with zero attached hydrogens (tertiary/aromatic N) is 3. The predicted molar refractivity (Wildman–Crippen MR) is 82.5 cm³/mol. The van der Waals surface area contributed by atoms with Gasteiger partial charge < -0.3 is 15.8 Å². The van der Waals surface area contributed by atoms with Crippen molar-refractivity contribution in [2.75, 3.05) is 19.0 Å². The lowest BCUT2D eigenvalue weighted by molar-refractivity contribution is 0.102. The first kappa shape index (κ1) is 15.5. The molecule has 0 radical (unpaired) electrons. The highest BCUT2D eigenvalue weighted by Gasteiger charge is 2.15. The van der Waals surface area contributed by atoms with Gasteiger partial charge >= 0.3 is 0 Å². The fourth-order valence-electron chi connectivity index (χ4n) is 1.86. The van der Waals surface area contributed by atoms with E-state index in [1.807, 2.05) is 13.0 Å². The number of amides is 1. The smallest absolute Gasteiger partial charge is 0.277 e. The van der Waals surface area contributed by atoms with Crippen molar-refractivity contribution in [1.29, 1.82) is 0 Å². The van der Waals surface area contributed by atoms with Crippen LogP contribution in [0.5, 0.6) is 5.75 Å². The van der Waals surface area contributed by atoms with Gasteiger partial charge in [-0.25, -0.2) is 0 Å². The molecule has 0 saturated heterocycles. The monoisotopic (exact) mass is 353 g/mol. The Morgan fingerprint density at radius 3 is 2.95 bits per heavy atom. The number of hydrogen-bond acceptors (Lipinski definition) is 5. The highest BCUT2D eigenvalue weighted by molar-refractivity contribution is 9.10. The van der Waals surface area contributed by atoms with Gasteiger partial charge in [0.2, 0.25) is 0 Å². The van der Waals surface area contributed by atoms with E-state index >= 15 is 0 Å². The summed E-state index contributed by atoms with van der Waals surface area (Å²) >= 11 is 3.39. The number of nitrogens with one attached hydrogen (secondary N) is 1. The van der Waals surface area contributed by atoms with Crippen molar-refractivity contribution >= 4 is 27.5 Å². The molecule has 112 valence electrons. The van der Waals surface area contributed by atoms with Gasteiger partial charge in [0, 0.05) is 11.0 Å². The van der Waals surface area contributed by atoms with Crippen LogP contribution in [-0.4, -0.2) is 34.6 Å². The molecule has 1 aromatic carbocycles. The molecule has 0 atom stereocenters. The highest BCUT2D eigenvalue weighted by atomic mass is 79.9. The summed E-state index contributed by atoms with van der Waals surface area (Å²) in [6.45, 7) is 2.83. The Balaban J connectivity index is 2.22. The second kappa shape index (κ2) is 6.68. The van der Waals surface area contributed by atoms with Crippen LogP contribution in [0.3, 0.4) is 0 Å². The zero-order valence-corrected chi connectivity index (χ0v) is 13.3. The number of carbonyl (C=O) groups is 1. The second-order valence-electron chi connectivity index (χ2n) is 4.41. The highest BCUT2D eigenvalue weighted by Crippen LogP contribution is 2.32. The molecule has 0 bridgehead atoms. The standard InChI is InChI=1S/C13H16BrN5O2/c1-8-5-9(14)6-11(21-2)12(8)16-13(20)10-7-19(4-3-15)18-17-10/h5-7H,3-4,15H2,1-2H3,(H,16,20). The molecule has 0 saturated carbocycles. The Morgan fingerprint density at radius 1 is 1.52 bits per heavy atom. The molecule has 0 aliphatic heterocycles. The van der Waals surface area contributed by atoms with E-state index in [2.05, 4.69) is 31.6 Å². The van der Waals surface area contributed by atoms with E-state index in [1.165, 1.54) is 4.68 Å². The first-order valence-corrected chi connectivity index (χ1v) is 7.10. The summed E-state index contributed by atoms with van der Waals surface area (Å²) in [7, 11) is 1.55. The average molecular weight is 354 g/mol.